The lowest BCUT2D eigenvalue weighted by atomic mass is 10.2. The number of ether oxygens (including phenoxy) is 2. The largest absolute Gasteiger partial charge is 0.461 e. The van der Waals surface area contributed by atoms with E-state index in [-0.39, 0.29) is 13.0 Å². The molecule has 0 aliphatic rings. The Hall–Kier alpha value is -2.62. The molecule has 114 valence electrons. The third-order valence-corrected chi connectivity index (χ3v) is 3.01. The van der Waals surface area contributed by atoms with E-state index in [1.807, 2.05) is 36.4 Å². The Morgan fingerprint density at radius 2 is 1.55 bits per heavy atom. The fourth-order valence-electron chi connectivity index (χ4n) is 1.90. The molecule has 0 bridgehead atoms. The number of hydrogen-bond donors (Lipinski definition) is 0. The van der Waals surface area contributed by atoms with E-state index in [0.29, 0.717) is 5.56 Å². The molecule has 0 spiro atoms. The molecule has 0 amide bonds. The van der Waals surface area contributed by atoms with Crippen LogP contribution in [0.15, 0.2) is 60.7 Å². The number of benzene rings is 2. The molecule has 0 aliphatic heterocycles. The molecule has 0 radical (unpaired) electrons. The van der Waals surface area contributed by atoms with Crippen molar-refractivity contribution in [1.82, 2.24) is 0 Å². The smallest absolute Gasteiger partial charge is 0.338 e. The molecule has 0 aromatic heterocycles. The van der Waals surface area contributed by atoms with Crippen LogP contribution in [0.3, 0.4) is 0 Å². The van der Waals surface area contributed by atoms with Crippen molar-refractivity contribution in [2.75, 3.05) is 0 Å². The highest BCUT2D eigenvalue weighted by molar-refractivity contribution is 5.89. The minimum atomic E-state index is -0.532. The van der Waals surface area contributed by atoms with Crippen LogP contribution in [0.5, 0.6) is 0 Å². The maximum atomic E-state index is 11.8. The number of carbonyl (C=O) groups is 2. The van der Waals surface area contributed by atoms with Crippen LogP contribution in [-0.4, -0.2) is 18.0 Å². The molecule has 2 aromatic carbocycles. The first kappa shape index (κ1) is 15.8. The van der Waals surface area contributed by atoms with Crippen LogP contribution >= 0.6 is 0 Å². The summed E-state index contributed by atoms with van der Waals surface area (Å²) in [5, 5.41) is 0. The van der Waals surface area contributed by atoms with Crippen molar-refractivity contribution in [3.8, 4) is 0 Å². The SMILES string of the molecule is CC(CC(=O)OCc1ccccc1)OC(=O)c1ccccc1. The van der Waals surface area contributed by atoms with Crippen molar-refractivity contribution in [2.45, 2.75) is 26.1 Å². The lowest BCUT2D eigenvalue weighted by molar-refractivity contribution is -0.147. The summed E-state index contributed by atoms with van der Waals surface area (Å²) in [5.41, 5.74) is 1.39. The summed E-state index contributed by atoms with van der Waals surface area (Å²) in [6, 6.07) is 18.1. The zero-order chi connectivity index (χ0) is 15.8. The lowest BCUT2D eigenvalue weighted by Crippen LogP contribution is -2.20. The van der Waals surface area contributed by atoms with Crippen LogP contribution in [0, 0.1) is 0 Å². The van der Waals surface area contributed by atoms with E-state index in [9.17, 15) is 9.59 Å². The van der Waals surface area contributed by atoms with Crippen molar-refractivity contribution in [2.24, 2.45) is 0 Å². The lowest BCUT2D eigenvalue weighted by Gasteiger charge is -2.13. The van der Waals surface area contributed by atoms with Crippen molar-refractivity contribution in [1.29, 1.82) is 0 Å². The topological polar surface area (TPSA) is 52.6 Å². The molecule has 0 heterocycles. The first-order valence-electron chi connectivity index (χ1n) is 7.10. The van der Waals surface area contributed by atoms with Crippen molar-refractivity contribution < 1.29 is 19.1 Å². The van der Waals surface area contributed by atoms with Gasteiger partial charge in [0, 0.05) is 0 Å². The third-order valence-electron chi connectivity index (χ3n) is 3.01. The van der Waals surface area contributed by atoms with E-state index in [2.05, 4.69) is 0 Å². The second-order valence-corrected chi connectivity index (χ2v) is 4.93. The zero-order valence-electron chi connectivity index (χ0n) is 12.4. The van der Waals surface area contributed by atoms with E-state index in [0.717, 1.165) is 5.56 Å². The summed E-state index contributed by atoms with van der Waals surface area (Å²) in [7, 11) is 0. The molecule has 22 heavy (non-hydrogen) atoms. The maximum absolute atomic E-state index is 11.8. The molecule has 0 N–H and O–H groups in total. The van der Waals surface area contributed by atoms with E-state index >= 15 is 0 Å². The number of carbonyl (C=O) groups excluding carboxylic acids is 2. The van der Waals surface area contributed by atoms with Crippen LogP contribution in [-0.2, 0) is 20.9 Å². The van der Waals surface area contributed by atoms with E-state index in [1.165, 1.54) is 0 Å². The van der Waals surface area contributed by atoms with Gasteiger partial charge >= 0.3 is 11.9 Å². The van der Waals surface area contributed by atoms with Gasteiger partial charge in [-0.15, -0.1) is 0 Å². The number of rotatable bonds is 6. The number of hydrogen-bond acceptors (Lipinski definition) is 4. The van der Waals surface area contributed by atoms with Crippen molar-refractivity contribution >= 4 is 11.9 Å². The molecule has 0 fully saturated rings. The van der Waals surface area contributed by atoms with Gasteiger partial charge in [-0.3, -0.25) is 4.79 Å². The minimum Gasteiger partial charge on any atom is -0.461 e. The van der Waals surface area contributed by atoms with Crippen LogP contribution in [0.25, 0.3) is 0 Å². The van der Waals surface area contributed by atoms with E-state index < -0.39 is 18.0 Å². The standard InChI is InChI=1S/C18H18O4/c1-14(22-18(20)16-10-6-3-7-11-16)12-17(19)21-13-15-8-4-2-5-9-15/h2-11,14H,12-13H2,1H3. The Kier molecular flexibility index (Phi) is 5.72. The predicted octanol–water partition coefficient (Wildman–Crippen LogP) is 3.37. The van der Waals surface area contributed by atoms with Gasteiger partial charge in [0.1, 0.15) is 12.7 Å². The Balaban J connectivity index is 1.75. The molecule has 1 unspecified atom stereocenters. The predicted molar refractivity (Wildman–Crippen MR) is 82.2 cm³/mol. The molecule has 4 nitrogen and oxygen atoms in total. The van der Waals surface area contributed by atoms with Gasteiger partial charge in [-0.25, -0.2) is 4.79 Å². The van der Waals surface area contributed by atoms with E-state index in [4.69, 9.17) is 9.47 Å². The van der Waals surface area contributed by atoms with Crippen molar-refractivity contribution in [3.05, 3.63) is 71.8 Å². The van der Waals surface area contributed by atoms with E-state index in [1.54, 1.807) is 31.2 Å². The fourth-order valence-corrected chi connectivity index (χ4v) is 1.90. The summed E-state index contributed by atoms with van der Waals surface area (Å²) >= 11 is 0. The Labute approximate surface area is 129 Å². The molecular weight excluding hydrogens is 280 g/mol. The van der Waals surface area contributed by atoms with Crippen molar-refractivity contribution in [3.63, 3.8) is 0 Å². The van der Waals surface area contributed by atoms with Crippen LogP contribution in [0.2, 0.25) is 0 Å². The Morgan fingerprint density at radius 1 is 0.955 bits per heavy atom. The fraction of sp³-hybridized carbons (Fsp3) is 0.222. The van der Waals surface area contributed by atoms with Gasteiger partial charge in [0.15, 0.2) is 0 Å². The highest BCUT2D eigenvalue weighted by Gasteiger charge is 2.16. The zero-order valence-corrected chi connectivity index (χ0v) is 12.4. The summed E-state index contributed by atoms with van der Waals surface area (Å²) in [4.78, 5) is 23.6. The molecule has 0 saturated heterocycles. The summed E-state index contributed by atoms with van der Waals surface area (Å²) < 4.78 is 10.4. The number of esters is 2. The minimum absolute atomic E-state index is 0.0331. The van der Waals surface area contributed by atoms with Gasteiger partial charge in [0.25, 0.3) is 0 Å². The Bertz CT molecular complexity index is 607. The van der Waals surface area contributed by atoms with Gasteiger partial charge in [0.2, 0.25) is 0 Å². The van der Waals surface area contributed by atoms with Gasteiger partial charge in [0.05, 0.1) is 12.0 Å². The highest BCUT2D eigenvalue weighted by Crippen LogP contribution is 2.08. The molecule has 4 heteroatoms. The third kappa shape index (κ3) is 5.05. The normalized spacial score (nSPS) is 11.5. The first-order chi connectivity index (χ1) is 10.6. The average Bonchev–Trinajstić information content (AvgIpc) is 2.54. The second-order valence-electron chi connectivity index (χ2n) is 4.93. The summed E-state index contributed by atoms with van der Waals surface area (Å²) in [5.74, 6) is -0.832. The average molecular weight is 298 g/mol. The molecule has 0 aliphatic carbocycles. The highest BCUT2D eigenvalue weighted by atomic mass is 16.6. The van der Waals surface area contributed by atoms with Gasteiger partial charge in [-0.1, -0.05) is 48.5 Å². The molecule has 2 rings (SSSR count). The molecular formula is C18H18O4. The maximum Gasteiger partial charge on any atom is 0.338 e. The second kappa shape index (κ2) is 7.98. The molecule has 1 atom stereocenters. The quantitative estimate of drug-likeness (QED) is 0.767. The molecule has 2 aromatic rings. The van der Waals surface area contributed by atoms with Gasteiger partial charge in [-0.2, -0.15) is 0 Å². The van der Waals surface area contributed by atoms with Crippen LogP contribution < -0.4 is 0 Å². The first-order valence-corrected chi connectivity index (χ1v) is 7.10. The summed E-state index contributed by atoms with van der Waals surface area (Å²) in [6.45, 7) is 1.89. The van der Waals surface area contributed by atoms with Crippen LogP contribution in [0.1, 0.15) is 29.3 Å². The van der Waals surface area contributed by atoms with Gasteiger partial charge < -0.3 is 9.47 Å². The van der Waals surface area contributed by atoms with Crippen LogP contribution in [0.4, 0.5) is 0 Å². The summed E-state index contributed by atoms with van der Waals surface area (Å²) in [6.07, 6.45) is -0.498. The van der Waals surface area contributed by atoms with Gasteiger partial charge in [-0.05, 0) is 24.6 Å². The Morgan fingerprint density at radius 3 is 2.18 bits per heavy atom. The monoisotopic (exact) mass is 298 g/mol. The molecule has 0 saturated carbocycles.